The van der Waals surface area contributed by atoms with Crippen LogP contribution in [0.2, 0.25) is 0 Å². The summed E-state index contributed by atoms with van der Waals surface area (Å²) >= 11 is 0. The molecule has 1 saturated carbocycles. The summed E-state index contributed by atoms with van der Waals surface area (Å²) in [7, 11) is 0. The van der Waals surface area contributed by atoms with Gasteiger partial charge in [-0.15, -0.1) is 12.4 Å². The Kier molecular flexibility index (Phi) is 3.68. The van der Waals surface area contributed by atoms with Crippen LogP contribution in [-0.4, -0.2) is 6.04 Å². The van der Waals surface area contributed by atoms with Gasteiger partial charge in [-0.05, 0) is 24.7 Å². The van der Waals surface area contributed by atoms with Crippen LogP contribution >= 0.6 is 12.4 Å². The predicted molar refractivity (Wildman–Crippen MR) is 47.5 cm³/mol. The van der Waals surface area contributed by atoms with Crippen molar-refractivity contribution in [3.05, 3.63) is 0 Å². The molecule has 1 aliphatic rings. The van der Waals surface area contributed by atoms with E-state index in [0.29, 0.717) is 11.5 Å². The van der Waals surface area contributed by atoms with E-state index in [0.717, 1.165) is 0 Å². The normalized spacial score (nSPS) is 30.9. The molecule has 0 aromatic rings. The fraction of sp³-hybridized carbons (Fsp3) is 1.00. The highest BCUT2D eigenvalue weighted by Crippen LogP contribution is 2.33. The van der Waals surface area contributed by atoms with Crippen LogP contribution < -0.4 is 5.73 Å². The van der Waals surface area contributed by atoms with Crippen LogP contribution in [0.4, 0.5) is 0 Å². The molecule has 1 atom stereocenters. The second-order valence-corrected chi connectivity index (χ2v) is 4.02. The smallest absolute Gasteiger partial charge is 0.00439 e. The number of hydrogen-bond donors (Lipinski definition) is 1. The Labute approximate surface area is 69.8 Å². The van der Waals surface area contributed by atoms with E-state index in [-0.39, 0.29) is 12.4 Å². The van der Waals surface area contributed by atoms with Gasteiger partial charge in [0.15, 0.2) is 0 Å². The molecule has 1 rings (SSSR count). The number of nitrogens with two attached hydrogens (primary N) is 1. The van der Waals surface area contributed by atoms with Crippen LogP contribution in [0.5, 0.6) is 0 Å². The lowest BCUT2D eigenvalue weighted by molar-refractivity contribution is 0.221. The minimum Gasteiger partial charge on any atom is -0.328 e. The molecule has 2 N–H and O–H groups in total. The maximum absolute atomic E-state index is 5.81. The van der Waals surface area contributed by atoms with Gasteiger partial charge in [0.1, 0.15) is 0 Å². The maximum atomic E-state index is 5.81. The van der Waals surface area contributed by atoms with E-state index in [1.54, 1.807) is 0 Å². The first kappa shape index (κ1) is 10.2. The Bertz CT molecular complexity index is 101. The summed E-state index contributed by atoms with van der Waals surface area (Å²) in [5.41, 5.74) is 6.34. The van der Waals surface area contributed by atoms with Crippen molar-refractivity contribution in [3.8, 4) is 0 Å². The summed E-state index contributed by atoms with van der Waals surface area (Å²) in [5, 5.41) is 0. The Hall–Kier alpha value is 0.250. The third-order valence-corrected chi connectivity index (χ3v) is 2.24. The first-order chi connectivity index (χ1) is 4.10. The van der Waals surface area contributed by atoms with Crippen molar-refractivity contribution in [1.29, 1.82) is 0 Å². The van der Waals surface area contributed by atoms with Gasteiger partial charge in [0.05, 0.1) is 0 Å². The topological polar surface area (TPSA) is 26.0 Å². The van der Waals surface area contributed by atoms with Crippen LogP contribution in [0, 0.1) is 5.41 Å². The van der Waals surface area contributed by atoms with Crippen LogP contribution in [0.1, 0.15) is 39.5 Å². The average molecular weight is 164 g/mol. The van der Waals surface area contributed by atoms with Crippen molar-refractivity contribution in [2.24, 2.45) is 11.1 Å². The SMILES string of the molecule is CC1(C)CCC[C@@H](N)C1.Cl. The van der Waals surface area contributed by atoms with Crippen LogP contribution in [0.3, 0.4) is 0 Å². The molecule has 0 spiro atoms. The summed E-state index contributed by atoms with van der Waals surface area (Å²) in [4.78, 5) is 0. The lowest BCUT2D eigenvalue weighted by atomic mass is 9.75. The third-order valence-electron chi connectivity index (χ3n) is 2.24. The number of rotatable bonds is 0. The molecule has 0 bridgehead atoms. The molecule has 0 radical (unpaired) electrons. The lowest BCUT2D eigenvalue weighted by Crippen LogP contribution is -2.32. The summed E-state index contributed by atoms with van der Waals surface area (Å²) in [6.07, 6.45) is 5.14. The summed E-state index contributed by atoms with van der Waals surface area (Å²) in [5.74, 6) is 0. The van der Waals surface area contributed by atoms with E-state index < -0.39 is 0 Å². The fourth-order valence-corrected chi connectivity index (χ4v) is 1.76. The van der Waals surface area contributed by atoms with Crippen LogP contribution in [0.15, 0.2) is 0 Å². The fourth-order valence-electron chi connectivity index (χ4n) is 1.76. The van der Waals surface area contributed by atoms with Crippen LogP contribution in [0.25, 0.3) is 0 Å². The van der Waals surface area contributed by atoms with Gasteiger partial charge in [0, 0.05) is 6.04 Å². The van der Waals surface area contributed by atoms with Gasteiger partial charge in [-0.2, -0.15) is 0 Å². The molecule has 2 heteroatoms. The summed E-state index contributed by atoms with van der Waals surface area (Å²) in [6, 6.07) is 0.480. The minimum atomic E-state index is 0. The quantitative estimate of drug-likeness (QED) is 0.583. The molecular weight excluding hydrogens is 146 g/mol. The Balaban J connectivity index is 0.000000810. The Morgan fingerprint density at radius 1 is 1.40 bits per heavy atom. The summed E-state index contributed by atoms with van der Waals surface area (Å²) < 4.78 is 0. The van der Waals surface area contributed by atoms with Gasteiger partial charge in [-0.1, -0.05) is 20.3 Å². The van der Waals surface area contributed by atoms with Gasteiger partial charge >= 0.3 is 0 Å². The average Bonchev–Trinajstić information content (AvgIpc) is 1.60. The highest BCUT2D eigenvalue weighted by atomic mass is 35.5. The molecule has 0 aromatic carbocycles. The van der Waals surface area contributed by atoms with E-state index in [1.165, 1.54) is 25.7 Å². The van der Waals surface area contributed by atoms with E-state index in [9.17, 15) is 0 Å². The van der Waals surface area contributed by atoms with E-state index >= 15 is 0 Å². The highest BCUT2D eigenvalue weighted by molar-refractivity contribution is 5.85. The Morgan fingerprint density at radius 2 is 2.00 bits per heavy atom. The largest absolute Gasteiger partial charge is 0.328 e. The zero-order valence-electron chi connectivity index (χ0n) is 6.89. The minimum absolute atomic E-state index is 0. The molecule has 0 saturated heterocycles. The van der Waals surface area contributed by atoms with Crippen molar-refractivity contribution in [3.63, 3.8) is 0 Å². The zero-order chi connectivity index (χ0) is 6.91. The van der Waals surface area contributed by atoms with Crippen molar-refractivity contribution in [1.82, 2.24) is 0 Å². The third kappa shape index (κ3) is 2.89. The van der Waals surface area contributed by atoms with E-state index in [2.05, 4.69) is 13.8 Å². The standard InChI is InChI=1S/C8H17N.ClH/c1-8(2)5-3-4-7(9)6-8;/h7H,3-6,9H2,1-2H3;1H/t7-;/m1./s1. The predicted octanol–water partition coefficient (Wildman–Crippen LogP) is 2.34. The second kappa shape index (κ2) is 3.59. The first-order valence-corrected chi connectivity index (χ1v) is 3.86. The van der Waals surface area contributed by atoms with Gasteiger partial charge in [-0.25, -0.2) is 0 Å². The van der Waals surface area contributed by atoms with Crippen molar-refractivity contribution in [2.75, 3.05) is 0 Å². The highest BCUT2D eigenvalue weighted by Gasteiger charge is 2.25. The molecule has 0 unspecified atom stereocenters. The summed E-state index contributed by atoms with van der Waals surface area (Å²) in [6.45, 7) is 4.62. The molecule has 0 aliphatic heterocycles. The van der Waals surface area contributed by atoms with Crippen molar-refractivity contribution in [2.45, 2.75) is 45.6 Å². The molecule has 1 nitrogen and oxygen atoms in total. The van der Waals surface area contributed by atoms with Gasteiger partial charge < -0.3 is 5.73 Å². The van der Waals surface area contributed by atoms with Gasteiger partial charge in [0.25, 0.3) is 0 Å². The lowest BCUT2D eigenvalue weighted by Gasteiger charge is -2.33. The van der Waals surface area contributed by atoms with Crippen molar-refractivity contribution >= 4 is 12.4 Å². The monoisotopic (exact) mass is 163 g/mol. The van der Waals surface area contributed by atoms with E-state index in [4.69, 9.17) is 5.73 Å². The number of hydrogen-bond acceptors (Lipinski definition) is 1. The zero-order valence-corrected chi connectivity index (χ0v) is 7.71. The first-order valence-electron chi connectivity index (χ1n) is 3.86. The van der Waals surface area contributed by atoms with Gasteiger partial charge in [0.2, 0.25) is 0 Å². The second-order valence-electron chi connectivity index (χ2n) is 4.02. The molecule has 0 amide bonds. The van der Waals surface area contributed by atoms with E-state index in [1.807, 2.05) is 0 Å². The van der Waals surface area contributed by atoms with Gasteiger partial charge in [-0.3, -0.25) is 0 Å². The molecule has 1 aliphatic carbocycles. The molecule has 62 valence electrons. The molecular formula is C8H18ClN. The molecule has 0 aromatic heterocycles. The van der Waals surface area contributed by atoms with Crippen LogP contribution in [-0.2, 0) is 0 Å². The van der Waals surface area contributed by atoms with Crippen molar-refractivity contribution < 1.29 is 0 Å². The maximum Gasteiger partial charge on any atom is 0.00439 e. The molecule has 10 heavy (non-hydrogen) atoms. The number of halogens is 1. The Morgan fingerprint density at radius 3 is 2.30 bits per heavy atom. The molecule has 1 fully saturated rings. The molecule has 0 heterocycles.